The molecule has 0 bridgehead atoms. The Labute approximate surface area is 113 Å². The molecule has 2 rings (SSSR count). The van der Waals surface area contributed by atoms with Gasteiger partial charge in [0.2, 0.25) is 0 Å². The van der Waals surface area contributed by atoms with Crippen molar-refractivity contribution < 1.29 is 4.74 Å². The van der Waals surface area contributed by atoms with Gasteiger partial charge in [-0.15, -0.1) is 5.10 Å². The molecule has 0 atom stereocenters. The third-order valence-electron chi connectivity index (χ3n) is 2.70. The van der Waals surface area contributed by atoms with Crippen molar-refractivity contribution in [3.63, 3.8) is 0 Å². The van der Waals surface area contributed by atoms with Gasteiger partial charge in [-0.2, -0.15) is 0 Å². The number of hydrogen-bond donors (Lipinski definition) is 1. The van der Waals surface area contributed by atoms with Gasteiger partial charge in [0, 0.05) is 25.2 Å². The number of aryl methyl sites for hydroxylation is 1. The van der Waals surface area contributed by atoms with Gasteiger partial charge < -0.3 is 10.1 Å². The Balaban J connectivity index is 1.99. The van der Waals surface area contributed by atoms with E-state index < -0.39 is 0 Å². The van der Waals surface area contributed by atoms with Crippen LogP contribution in [-0.4, -0.2) is 21.0 Å². The van der Waals surface area contributed by atoms with Crippen LogP contribution in [0.25, 0.3) is 0 Å². The Morgan fingerprint density at radius 2 is 2.11 bits per heavy atom. The average molecular weight is 260 g/mol. The number of aromatic nitrogens is 3. The summed E-state index contributed by atoms with van der Waals surface area (Å²) in [4.78, 5) is 0. The summed E-state index contributed by atoms with van der Waals surface area (Å²) in [6, 6.07) is 8.50. The molecular formula is C14H20N4O. The summed E-state index contributed by atoms with van der Waals surface area (Å²) in [5, 5.41) is 11.3. The number of rotatable bonds is 6. The fraction of sp³-hybridized carbons (Fsp3) is 0.429. The maximum atomic E-state index is 5.81. The molecule has 0 aliphatic rings. The van der Waals surface area contributed by atoms with E-state index in [9.17, 15) is 0 Å². The molecule has 1 aromatic heterocycles. The van der Waals surface area contributed by atoms with Crippen LogP contribution in [0.15, 0.2) is 30.5 Å². The number of para-hydroxylation sites is 1. The van der Waals surface area contributed by atoms with Crippen LogP contribution in [0.1, 0.15) is 25.1 Å². The molecule has 19 heavy (non-hydrogen) atoms. The molecule has 0 unspecified atom stereocenters. The molecule has 1 aromatic carbocycles. The molecule has 0 spiro atoms. The summed E-state index contributed by atoms with van der Waals surface area (Å²) in [6.45, 7) is 5.49. The first-order valence-electron chi connectivity index (χ1n) is 6.44. The maximum absolute atomic E-state index is 5.81. The van der Waals surface area contributed by atoms with Crippen LogP contribution < -0.4 is 10.1 Å². The molecule has 0 aliphatic carbocycles. The highest BCUT2D eigenvalue weighted by molar-refractivity contribution is 5.33. The fourth-order valence-corrected chi connectivity index (χ4v) is 1.72. The predicted octanol–water partition coefficient (Wildman–Crippen LogP) is 1.89. The van der Waals surface area contributed by atoms with Gasteiger partial charge in [-0.25, -0.2) is 0 Å². The van der Waals surface area contributed by atoms with Crippen LogP contribution in [0.2, 0.25) is 0 Å². The van der Waals surface area contributed by atoms with E-state index in [1.807, 2.05) is 31.4 Å². The van der Waals surface area contributed by atoms with Crippen LogP contribution in [0.5, 0.6) is 5.75 Å². The van der Waals surface area contributed by atoms with Crippen molar-refractivity contribution in [1.29, 1.82) is 0 Å². The van der Waals surface area contributed by atoms with Gasteiger partial charge in [-0.1, -0.05) is 37.3 Å². The second-order valence-corrected chi connectivity index (χ2v) is 4.82. The first-order chi connectivity index (χ1) is 9.15. The minimum Gasteiger partial charge on any atom is -0.487 e. The summed E-state index contributed by atoms with van der Waals surface area (Å²) in [7, 11) is 1.84. The van der Waals surface area contributed by atoms with Gasteiger partial charge >= 0.3 is 0 Å². The van der Waals surface area contributed by atoms with Crippen LogP contribution >= 0.6 is 0 Å². The molecule has 2 aromatic rings. The zero-order valence-electron chi connectivity index (χ0n) is 11.6. The average Bonchev–Trinajstić information content (AvgIpc) is 2.80. The van der Waals surface area contributed by atoms with E-state index in [1.165, 1.54) is 0 Å². The molecule has 0 aliphatic heterocycles. The lowest BCUT2D eigenvalue weighted by atomic mass is 10.2. The summed E-state index contributed by atoms with van der Waals surface area (Å²) in [5.74, 6) is 0.890. The van der Waals surface area contributed by atoms with Crippen molar-refractivity contribution in [3.8, 4) is 5.75 Å². The van der Waals surface area contributed by atoms with Crippen LogP contribution in [0.4, 0.5) is 0 Å². The van der Waals surface area contributed by atoms with Crippen LogP contribution in [0, 0.1) is 0 Å². The van der Waals surface area contributed by atoms with E-state index in [-0.39, 0.29) is 0 Å². The lowest BCUT2D eigenvalue weighted by Gasteiger charge is -2.12. The monoisotopic (exact) mass is 260 g/mol. The molecule has 0 fully saturated rings. The van der Waals surface area contributed by atoms with Crippen molar-refractivity contribution in [2.75, 3.05) is 0 Å². The molecule has 0 saturated heterocycles. The molecule has 5 heteroatoms. The molecule has 102 valence electrons. The second kappa shape index (κ2) is 6.33. The first-order valence-corrected chi connectivity index (χ1v) is 6.44. The largest absolute Gasteiger partial charge is 0.487 e. The normalized spacial score (nSPS) is 10.9. The fourth-order valence-electron chi connectivity index (χ4n) is 1.72. The zero-order chi connectivity index (χ0) is 13.7. The topological polar surface area (TPSA) is 52.0 Å². The third kappa shape index (κ3) is 4.06. The Kier molecular flexibility index (Phi) is 4.52. The molecular weight excluding hydrogens is 240 g/mol. The lowest BCUT2D eigenvalue weighted by molar-refractivity contribution is 0.297. The molecule has 5 nitrogen and oxygen atoms in total. The van der Waals surface area contributed by atoms with E-state index >= 15 is 0 Å². The van der Waals surface area contributed by atoms with E-state index in [1.54, 1.807) is 4.68 Å². The minimum absolute atomic E-state index is 0.437. The summed E-state index contributed by atoms with van der Waals surface area (Å²) in [6.07, 6.45) is 1.86. The van der Waals surface area contributed by atoms with Crippen molar-refractivity contribution >= 4 is 0 Å². The minimum atomic E-state index is 0.437. The first kappa shape index (κ1) is 13.5. The van der Waals surface area contributed by atoms with Crippen molar-refractivity contribution in [2.45, 2.75) is 33.0 Å². The van der Waals surface area contributed by atoms with Crippen molar-refractivity contribution in [3.05, 3.63) is 41.7 Å². The smallest absolute Gasteiger partial charge is 0.134 e. The highest BCUT2D eigenvalue weighted by Gasteiger charge is 2.05. The maximum Gasteiger partial charge on any atom is 0.134 e. The van der Waals surface area contributed by atoms with E-state index in [4.69, 9.17) is 4.74 Å². The van der Waals surface area contributed by atoms with E-state index in [0.29, 0.717) is 12.6 Å². The van der Waals surface area contributed by atoms with Gasteiger partial charge in [0.1, 0.15) is 18.1 Å². The summed E-state index contributed by atoms with van der Waals surface area (Å²) < 4.78 is 7.48. The van der Waals surface area contributed by atoms with Gasteiger partial charge in [-0.05, 0) is 6.07 Å². The predicted molar refractivity (Wildman–Crippen MR) is 73.8 cm³/mol. The van der Waals surface area contributed by atoms with Gasteiger partial charge in [-0.3, -0.25) is 4.68 Å². The number of benzene rings is 1. The number of ether oxygens (including phenoxy) is 1. The number of nitrogens with zero attached hydrogens (tertiary/aromatic N) is 3. The van der Waals surface area contributed by atoms with Gasteiger partial charge in [0.15, 0.2) is 0 Å². The number of hydrogen-bond acceptors (Lipinski definition) is 4. The Morgan fingerprint density at radius 1 is 1.32 bits per heavy atom. The molecule has 0 amide bonds. The summed E-state index contributed by atoms with van der Waals surface area (Å²) >= 11 is 0. The van der Waals surface area contributed by atoms with Crippen LogP contribution in [-0.2, 0) is 20.2 Å². The molecule has 0 radical (unpaired) electrons. The third-order valence-corrected chi connectivity index (χ3v) is 2.70. The highest BCUT2D eigenvalue weighted by atomic mass is 16.5. The number of nitrogens with one attached hydrogen (secondary N) is 1. The van der Waals surface area contributed by atoms with E-state index in [2.05, 4.69) is 35.5 Å². The highest BCUT2D eigenvalue weighted by Crippen LogP contribution is 2.18. The van der Waals surface area contributed by atoms with Gasteiger partial charge in [0.25, 0.3) is 0 Å². The Morgan fingerprint density at radius 3 is 2.79 bits per heavy atom. The standard InChI is InChI=1S/C14H20N4O/c1-11(2)15-8-12-6-4-5-7-14(12)19-10-13-9-18(3)17-16-13/h4-7,9,11,15H,8,10H2,1-3H3. The summed E-state index contributed by atoms with van der Waals surface area (Å²) in [5.41, 5.74) is 1.98. The lowest BCUT2D eigenvalue weighted by Crippen LogP contribution is -2.22. The quantitative estimate of drug-likeness (QED) is 0.861. The molecule has 1 heterocycles. The Bertz CT molecular complexity index is 522. The van der Waals surface area contributed by atoms with E-state index in [0.717, 1.165) is 23.6 Å². The zero-order valence-corrected chi connectivity index (χ0v) is 11.6. The molecule has 0 saturated carbocycles. The van der Waals surface area contributed by atoms with Crippen molar-refractivity contribution in [2.24, 2.45) is 7.05 Å². The second-order valence-electron chi connectivity index (χ2n) is 4.82. The van der Waals surface area contributed by atoms with Crippen molar-refractivity contribution in [1.82, 2.24) is 20.3 Å². The molecule has 1 N–H and O–H groups in total. The van der Waals surface area contributed by atoms with Gasteiger partial charge in [0.05, 0.1) is 6.20 Å². The van der Waals surface area contributed by atoms with Crippen LogP contribution in [0.3, 0.4) is 0 Å². The SMILES string of the molecule is CC(C)NCc1ccccc1OCc1cn(C)nn1. The Hall–Kier alpha value is -1.88.